The minimum atomic E-state index is -0.114. The molecule has 2 N–H and O–H groups in total. The smallest absolute Gasteiger partial charge is 0.239 e. The van der Waals surface area contributed by atoms with E-state index in [1.165, 1.54) is 0 Å². The highest BCUT2D eigenvalue weighted by molar-refractivity contribution is 5.82. The molecule has 0 aromatic heterocycles. The molecule has 2 atom stereocenters. The Bertz CT molecular complexity index is 378. The first-order valence-electron chi connectivity index (χ1n) is 7.86. The van der Waals surface area contributed by atoms with Gasteiger partial charge in [-0.2, -0.15) is 0 Å². The van der Waals surface area contributed by atoms with Gasteiger partial charge in [-0.1, -0.05) is 13.8 Å². The maximum absolute atomic E-state index is 12.4. The van der Waals surface area contributed by atoms with Crippen molar-refractivity contribution >= 4 is 11.8 Å². The quantitative estimate of drug-likeness (QED) is 0.773. The summed E-state index contributed by atoms with van der Waals surface area (Å²) in [6.45, 7) is 5.97. The van der Waals surface area contributed by atoms with Crippen LogP contribution in [0.4, 0.5) is 0 Å². The van der Waals surface area contributed by atoms with Crippen molar-refractivity contribution < 1.29 is 14.3 Å². The fourth-order valence-electron chi connectivity index (χ4n) is 2.90. The van der Waals surface area contributed by atoms with Gasteiger partial charge in [0.25, 0.3) is 0 Å². The average Bonchev–Trinajstić information content (AvgIpc) is 2.96. The fraction of sp³-hybridized carbons (Fsp3) is 0.867. The minimum Gasteiger partial charge on any atom is -0.380 e. The number of piperidine rings is 1. The van der Waals surface area contributed by atoms with E-state index in [2.05, 4.69) is 10.6 Å². The van der Waals surface area contributed by atoms with Crippen molar-refractivity contribution in [3.05, 3.63) is 0 Å². The molecule has 0 radical (unpaired) electrons. The zero-order valence-electron chi connectivity index (χ0n) is 13.2. The molecular formula is C15H27N3O3. The number of carbonyl (C=O) groups excluding carboxylic acids is 2. The molecule has 2 unspecified atom stereocenters. The molecule has 2 aliphatic rings. The summed E-state index contributed by atoms with van der Waals surface area (Å²) in [4.78, 5) is 26.0. The van der Waals surface area contributed by atoms with Crippen LogP contribution in [0.25, 0.3) is 0 Å². The second-order valence-electron chi connectivity index (χ2n) is 6.32. The van der Waals surface area contributed by atoms with Gasteiger partial charge in [0.2, 0.25) is 11.8 Å². The maximum Gasteiger partial charge on any atom is 0.239 e. The highest BCUT2D eigenvalue weighted by Gasteiger charge is 2.34. The Morgan fingerprint density at radius 3 is 2.48 bits per heavy atom. The number of likely N-dealkylation sites (tertiary alicyclic amines) is 1. The summed E-state index contributed by atoms with van der Waals surface area (Å²) < 4.78 is 5.28. The molecular weight excluding hydrogens is 270 g/mol. The Morgan fingerprint density at radius 2 is 1.95 bits per heavy atom. The summed E-state index contributed by atoms with van der Waals surface area (Å²) in [5, 5.41) is 6.28. The molecule has 0 aromatic rings. The van der Waals surface area contributed by atoms with Crippen molar-refractivity contribution in [3.63, 3.8) is 0 Å². The van der Waals surface area contributed by atoms with Crippen LogP contribution < -0.4 is 10.6 Å². The van der Waals surface area contributed by atoms with Crippen LogP contribution in [0.2, 0.25) is 0 Å². The lowest BCUT2D eigenvalue weighted by Gasteiger charge is -2.34. The van der Waals surface area contributed by atoms with E-state index in [1.807, 2.05) is 18.7 Å². The van der Waals surface area contributed by atoms with Gasteiger partial charge >= 0.3 is 0 Å². The van der Waals surface area contributed by atoms with Gasteiger partial charge in [0.05, 0.1) is 12.1 Å². The zero-order valence-corrected chi connectivity index (χ0v) is 13.2. The highest BCUT2D eigenvalue weighted by atomic mass is 16.5. The molecule has 2 saturated heterocycles. The largest absolute Gasteiger partial charge is 0.380 e. The molecule has 2 aliphatic heterocycles. The first kappa shape index (κ1) is 16.2. The lowest BCUT2D eigenvalue weighted by molar-refractivity contribution is -0.134. The standard InChI is InChI=1S/C15H27N3O3/c1-10(2)14(19)17-11-4-6-18(7-5-11)15(20)13-8-12(21-3)9-16-13/h10-13,16H,4-9H2,1-3H3,(H,17,19). The maximum atomic E-state index is 12.4. The molecule has 0 spiro atoms. The Kier molecular flexibility index (Phi) is 5.58. The summed E-state index contributed by atoms with van der Waals surface area (Å²) in [5.74, 6) is 0.279. The van der Waals surface area contributed by atoms with E-state index in [1.54, 1.807) is 7.11 Å². The average molecular weight is 297 g/mol. The first-order valence-corrected chi connectivity index (χ1v) is 7.86. The Balaban J connectivity index is 1.76. The third-order valence-corrected chi connectivity index (χ3v) is 4.40. The molecule has 6 heteroatoms. The lowest BCUT2D eigenvalue weighted by atomic mass is 10.0. The van der Waals surface area contributed by atoms with Crippen LogP contribution in [0.15, 0.2) is 0 Å². The lowest BCUT2D eigenvalue weighted by Crippen LogP contribution is -2.51. The van der Waals surface area contributed by atoms with E-state index in [-0.39, 0.29) is 35.9 Å². The van der Waals surface area contributed by atoms with Crippen molar-refractivity contribution in [1.29, 1.82) is 0 Å². The van der Waals surface area contributed by atoms with Crippen LogP contribution in [-0.2, 0) is 14.3 Å². The second kappa shape index (κ2) is 7.22. The van der Waals surface area contributed by atoms with E-state index >= 15 is 0 Å². The van der Waals surface area contributed by atoms with Crippen molar-refractivity contribution in [2.24, 2.45) is 5.92 Å². The number of hydrogen-bond donors (Lipinski definition) is 2. The summed E-state index contributed by atoms with van der Waals surface area (Å²) in [5.41, 5.74) is 0. The third kappa shape index (κ3) is 4.17. The van der Waals surface area contributed by atoms with Gasteiger partial charge in [-0.05, 0) is 19.3 Å². The molecule has 120 valence electrons. The second-order valence-corrected chi connectivity index (χ2v) is 6.32. The van der Waals surface area contributed by atoms with E-state index in [9.17, 15) is 9.59 Å². The Hall–Kier alpha value is -1.14. The number of methoxy groups -OCH3 is 1. The topological polar surface area (TPSA) is 70.7 Å². The van der Waals surface area contributed by atoms with E-state index in [4.69, 9.17) is 4.74 Å². The molecule has 0 saturated carbocycles. The summed E-state index contributed by atoms with van der Waals surface area (Å²) >= 11 is 0. The van der Waals surface area contributed by atoms with Crippen molar-refractivity contribution in [3.8, 4) is 0 Å². The van der Waals surface area contributed by atoms with Gasteiger partial charge < -0.3 is 20.3 Å². The number of carbonyl (C=O) groups is 2. The minimum absolute atomic E-state index is 0.0123. The van der Waals surface area contributed by atoms with Crippen LogP contribution in [0, 0.1) is 5.92 Å². The number of rotatable bonds is 4. The van der Waals surface area contributed by atoms with Gasteiger partial charge in [-0.15, -0.1) is 0 Å². The van der Waals surface area contributed by atoms with Crippen LogP contribution in [0.5, 0.6) is 0 Å². The summed E-state index contributed by atoms with van der Waals surface area (Å²) in [6.07, 6.45) is 2.57. The fourth-order valence-corrected chi connectivity index (χ4v) is 2.90. The molecule has 6 nitrogen and oxygen atoms in total. The summed E-state index contributed by atoms with van der Waals surface area (Å²) in [6, 6.07) is 0.0870. The van der Waals surface area contributed by atoms with E-state index in [0.717, 1.165) is 38.9 Å². The zero-order chi connectivity index (χ0) is 15.4. The van der Waals surface area contributed by atoms with Gasteiger partial charge in [-0.25, -0.2) is 0 Å². The van der Waals surface area contributed by atoms with Crippen LogP contribution >= 0.6 is 0 Å². The number of nitrogens with zero attached hydrogens (tertiary/aromatic N) is 1. The summed E-state index contributed by atoms with van der Waals surface area (Å²) in [7, 11) is 1.68. The molecule has 2 heterocycles. The van der Waals surface area contributed by atoms with Crippen molar-refractivity contribution in [2.45, 2.75) is 51.3 Å². The molecule has 2 amide bonds. The van der Waals surface area contributed by atoms with Gasteiger partial charge in [-0.3, -0.25) is 9.59 Å². The molecule has 2 fully saturated rings. The Labute approximate surface area is 126 Å². The third-order valence-electron chi connectivity index (χ3n) is 4.40. The monoisotopic (exact) mass is 297 g/mol. The normalized spacial score (nSPS) is 27.1. The Morgan fingerprint density at radius 1 is 1.29 bits per heavy atom. The molecule has 2 rings (SSSR count). The van der Waals surface area contributed by atoms with Crippen molar-refractivity contribution in [1.82, 2.24) is 15.5 Å². The molecule has 0 bridgehead atoms. The van der Waals surface area contributed by atoms with Crippen LogP contribution in [-0.4, -0.2) is 61.6 Å². The predicted octanol–water partition coefficient (Wildman–Crippen LogP) is 0.127. The van der Waals surface area contributed by atoms with Gasteiger partial charge in [0.15, 0.2) is 0 Å². The van der Waals surface area contributed by atoms with Crippen LogP contribution in [0.3, 0.4) is 0 Å². The number of nitrogens with one attached hydrogen (secondary N) is 2. The highest BCUT2D eigenvalue weighted by Crippen LogP contribution is 2.16. The number of ether oxygens (including phenoxy) is 1. The SMILES string of the molecule is COC1CNC(C(=O)N2CCC(NC(=O)C(C)C)CC2)C1. The van der Waals surface area contributed by atoms with Gasteiger partial charge in [0, 0.05) is 38.7 Å². The molecule has 21 heavy (non-hydrogen) atoms. The van der Waals surface area contributed by atoms with E-state index in [0.29, 0.717) is 0 Å². The molecule has 0 aliphatic carbocycles. The first-order chi connectivity index (χ1) is 10.0. The predicted molar refractivity (Wildman–Crippen MR) is 79.8 cm³/mol. The van der Waals surface area contributed by atoms with Crippen LogP contribution in [0.1, 0.15) is 33.1 Å². The van der Waals surface area contributed by atoms with Crippen molar-refractivity contribution in [2.75, 3.05) is 26.7 Å². The van der Waals surface area contributed by atoms with Gasteiger partial charge in [0.1, 0.15) is 0 Å². The van der Waals surface area contributed by atoms with E-state index < -0.39 is 0 Å². The number of hydrogen-bond acceptors (Lipinski definition) is 4. The molecule has 0 aromatic carbocycles. The number of amides is 2.